The number of hydrogen-bond acceptors (Lipinski definition) is 18. The number of phenolic OH excluding ortho intramolecular Hbond substituents is 1. The lowest BCUT2D eigenvalue weighted by atomic mass is 9.95. The van der Waals surface area contributed by atoms with Crippen molar-refractivity contribution >= 4 is 69.8 Å². The summed E-state index contributed by atoms with van der Waals surface area (Å²) in [5.41, 5.74) is 1.06. The minimum atomic E-state index is -2.26. The Bertz CT molecular complexity index is 2270. The highest BCUT2D eigenvalue weighted by Gasteiger charge is 2.52. The summed E-state index contributed by atoms with van der Waals surface area (Å²) >= 11 is 1.86. The summed E-state index contributed by atoms with van der Waals surface area (Å²) in [7, 11) is 0. The number of nitrogens with one attached hydrogen (secondary N) is 11. The Morgan fingerprint density at radius 3 is 1.97 bits per heavy atom. The van der Waals surface area contributed by atoms with Gasteiger partial charge in [-0.1, -0.05) is 36.4 Å². The van der Waals surface area contributed by atoms with E-state index in [0.29, 0.717) is 14.7 Å². The molecule has 382 valence electrons. The number of aromatic hydroxyl groups is 1. The zero-order valence-electron chi connectivity index (χ0n) is 37.1. The lowest BCUT2D eigenvalue weighted by molar-refractivity contribution is -0.260. The minimum Gasteiger partial charge on any atom is -0.507 e. The van der Waals surface area contributed by atoms with Gasteiger partial charge in [-0.05, 0) is 52.3 Å². The molecule has 14 unspecified atom stereocenters. The van der Waals surface area contributed by atoms with Crippen LogP contribution in [0.4, 0.5) is 0 Å². The Morgan fingerprint density at radius 2 is 1.31 bits per heavy atom. The lowest BCUT2D eigenvalue weighted by Gasteiger charge is -2.46. The summed E-state index contributed by atoms with van der Waals surface area (Å²) in [4.78, 5) is 85.5. The Hall–Kier alpha value is -5.83. The van der Waals surface area contributed by atoms with Crippen molar-refractivity contribution in [2.45, 2.75) is 98.0 Å². The number of hydrogen-bond donors (Lipinski definition) is 19. The molecule has 0 aromatic heterocycles. The summed E-state index contributed by atoms with van der Waals surface area (Å²) < 4.78 is 6.03. The van der Waals surface area contributed by atoms with Gasteiger partial charge in [0.1, 0.15) is 66.5 Å². The number of Topliss-reactive ketones (excluding diaryl/α,β-unsaturated/α-hetero) is 1. The fourth-order valence-corrected chi connectivity index (χ4v) is 8.88. The first-order valence-corrected chi connectivity index (χ1v) is 23.1. The summed E-state index contributed by atoms with van der Waals surface area (Å²) in [5, 5.41) is 126. The van der Waals surface area contributed by atoms with Crippen molar-refractivity contribution in [3.63, 3.8) is 0 Å². The molecule has 0 saturated carbocycles. The second-order valence-corrected chi connectivity index (χ2v) is 18.2. The second kappa shape index (κ2) is 23.9. The highest BCUT2D eigenvalue weighted by Crippen LogP contribution is 2.28. The predicted octanol–water partition coefficient (Wildman–Crippen LogP) is -8.40. The van der Waals surface area contributed by atoms with E-state index in [0.717, 1.165) is 4.90 Å². The van der Waals surface area contributed by atoms with E-state index in [-0.39, 0.29) is 31.1 Å². The molecule has 6 rings (SSSR count). The predicted molar refractivity (Wildman–Crippen MR) is 249 cm³/mol. The molecule has 4 heterocycles. The minimum absolute atomic E-state index is 0.0139. The molecule has 0 spiro atoms. The Balaban J connectivity index is 1.41. The van der Waals surface area contributed by atoms with E-state index in [1.54, 1.807) is 30.3 Å². The molecule has 14 atom stereocenters. The van der Waals surface area contributed by atoms with E-state index in [4.69, 9.17) is 15.6 Å². The Labute approximate surface area is 412 Å². The molecule has 2 aromatic rings. The third kappa shape index (κ3) is 12.7. The highest BCUT2D eigenvalue weighted by atomic mass is 127. The number of phenols is 1. The van der Waals surface area contributed by atoms with Crippen LogP contribution in [0.1, 0.15) is 11.1 Å². The van der Waals surface area contributed by atoms with Gasteiger partial charge in [-0.15, -0.1) is 0 Å². The zero-order valence-corrected chi connectivity index (χ0v) is 39.3. The smallest absolute Gasteiger partial charge is 0.246 e. The van der Waals surface area contributed by atoms with Gasteiger partial charge in [0.25, 0.3) is 0 Å². The van der Waals surface area contributed by atoms with Crippen molar-refractivity contribution in [1.29, 1.82) is 10.8 Å². The van der Waals surface area contributed by atoms with Crippen LogP contribution in [-0.4, -0.2) is 218 Å². The molecular weight excluding hydrogens is 1040 g/mol. The number of nitrogens with zero attached hydrogens (tertiary/aromatic N) is 1. The quantitative estimate of drug-likeness (QED) is 0.0929. The van der Waals surface area contributed by atoms with Crippen LogP contribution in [0.2, 0.25) is 0 Å². The maximum absolute atomic E-state index is 14.7. The van der Waals surface area contributed by atoms with Crippen LogP contribution in [0.3, 0.4) is 0 Å². The van der Waals surface area contributed by atoms with E-state index in [1.165, 1.54) is 18.2 Å². The van der Waals surface area contributed by atoms with Crippen LogP contribution >= 0.6 is 22.6 Å². The first-order valence-electron chi connectivity index (χ1n) is 22.0. The van der Waals surface area contributed by atoms with E-state index < -0.39 is 159 Å². The molecular formula is C42H57IN12O15. The third-order valence-corrected chi connectivity index (χ3v) is 13.1. The average molecular weight is 1100 g/mol. The molecule has 4 saturated heterocycles. The molecule has 5 amide bonds. The summed E-state index contributed by atoms with van der Waals surface area (Å²) in [5.74, 6) is -7.33. The summed E-state index contributed by atoms with van der Waals surface area (Å²) in [6.07, 6.45) is -13.5. The first kappa shape index (κ1) is 53.5. The van der Waals surface area contributed by atoms with Gasteiger partial charge in [0.15, 0.2) is 23.9 Å². The number of rotatable bonds is 11. The summed E-state index contributed by atoms with van der Waals surface area (Å²) in [6.45, 7) is -3.76. The number of halogens is 1. The number of benzene rings is 2. The number of ether oxygens (including phenoxy) is 1. The monoisotopic (exact) mass is 1100 g/mol. The number of aliphatic hydroxyl groups excluding tert-OH is 7. The molecule has 4 fully saturated rings. The molecule has 28 heteroatoms. The van der Waals surface area contributed by atoms with E-state index in [2.05, 4.69) is 47.9 Å². The first-order chi connectivity index (χ1) is 33.3. The van der Waals surface area contributed by atoms with Crippen molar-refractivity contribution in [3.8, 4) is 5.75 Å². The van der Waals surface area contributed by atoms with Gasteiger partial charge in [-0.2, -0.15) is 0 Å². The standard InChI is InChI=1S/C42H57IN12O15/c43-20-8-18(6-7-26(20)59)10-22-37(67)53-28(30(60)23-13-48-41(44)52-23)39(69)54-29(31(61)25-14-49-42(45)55(25)40-34(64)33(63)32(62)27(16-57)70-40)38(68)51-24(15-56)35(65)47-12-19(58)11-46-21(36(66)50-22)9-17-4-2-1-3-5-17/h1-8,21-25,27-34,40,46,56-57,59-64H,9-16H2,(H2,45,49)(H,47,65)(H,50,66)(H,51,68)(H,53,67)(H,54,69)(H3,44,48,52). The topological polar surface area (TPSA) is 433 Å². The molecule has 0 radical (unpaired) electrons. The molecule has 70 heavy (non-hydrogen) atoms. The molecule has 0 bridgehead atoms. The summed E-state index contributed by atoms with van der Waals surface area (Å²) in [6, 6.07) is 1.25. The fourth-order valence-electron chi connectivity index (χ4n) is 8.30. The third-order valence-electron chi connectivity index (χ3n) is 12.2. The van der Waals surface area contributed by atoms with Crippen molar-refractivity contribution < 1.29 is 74.4 Å². The Kier molecular flexibility index (Phi) is 18.2. The largest absolute Gasteiger partial charge is 0.507 e. The molecule has 4 aliphatic heterocycles. The number of guanidine groups is 2. The van der Waals surface area contributed by atoms with Crippen molar-refractivity contribution in [2.75, 3.05) is 39.4 Å². The molecule has 19 N–H and O–H groups in total. The van der Waals surface area contributed by atoms with Crippen LogP contribution in [0, 0.1) is 14.4 Å². The van der Waals surface area contributed by atoms with Gasteiger partial charge < -0.3 is 93.0 Å². The number of ketones is 1. The van der Waals surface area contributed by atoms with Crippen LogP contribution in [0.15, 0.2) is 48.5 Å². The average Bonchev–Trinajstić information content (AvgIpc) is 3.96. The van der Waals surface area contributed by atoms with Crippen LogP contribution in [-0.2, 0) is 46.3 Å². The van der Waals surface area contributed by atoms with E-state index in [1.807, 2.05) is 22.6 Å². The van der Waals surface area contributed by atoms with Crippen LogP contribution < -0.4 is 47.9 Å². The van der Waals surface area contributed by atoms with E-state index >= 15 is 0 Å². The number of carbonyl (C=O) groups excluding carboxylic acids is 6. The maximum atomic E-state index is 14.7. The molecule has 4 aliphatic rings. The van der Waals surface area contributed by atoms with Gasteiger partial charge >= 0.3 is 0 Å². The van der Waals surface area contributed by atoms with Gasteiger partial charge in [-0.3, -0.25) is 44.9 Å². The number of amides is 5. The van der Waals surface area contributed by atoms with Crippen molar-refractivity contribution in [1.82, 2.24) is 52.8 Å². The maximum Gasteiger partial charge on any atom is 0.246 e. The molecule has 2 aromatic carbocycles. The molecule has 27 nitrogen and oxygen atoms in total. The van der Waals surface area contributed by atoms with Gasteiger partial charge in [0, 0.05) is 19.5 Å². The SMILES string of the molecule is N=C1NCC(C(O)C2NC(=O)C(Cc3ccc(O)c(I)c3)NC(=O)C(Cc3ccccc3)NCC(=O)CNC(=O)C(CO)NC(=O)C(C(O)C3CNC(=N)N3C3OC(CO)C(O)C(O)C3O)NC2=O)N1. The lowest BCUT2D eigenvalue weighted by Crippen LogP contribution is -2.69. The van der Waals surface area contributed by atoms with Gasteiger partial charge in [0.2, 0.25) is 29.5 Å². The van der Waals surface area contributed by atoms with Crippen LogP contribution in [0.25, 0.3) is 0 Å². The van der Waals surface area contributed by atoms with Crippen molar-refractivity contribution in [3.05, 3.63) is 63.2 Å². The van der Waals surface area contributed by atoms with Crippen molar-refractivity contribution in [2.24, 2.45) is 0 Å². The zero-order chi connectivity index (χ0) is 51.0. The normalized spacial score (nSPS) is 31.8. The molecule has 0 aliphatic carbocycles. The number of carbonyl (C=O) groups is 6. The van der Waals surface area contributed by atoms with Gasteiger partial charge in [-0.25, -0.2) is 0 Å². The Morgan fingerprint density at radius 1 is 0.671 bits per heavy atom. The van der Waals surface area contributed by atoms with Gasteiger partial charge in [0.05, 0.1) is 48.0 Å². The number of aliphatic hydroxyl groups is 7. The second-order valence-electron chi connectivity index (χ2n) is 17.1. The van der Waals surface area contributed by atoms with Crippen LogP contribution in [0.5, 0.6) is 5.75 Å². The fraction of sp³-hybridized carbons (Fsp3) is 0.524. The highest BCUT2D eigenvalue weighted by molar-refractivity contribution is 14.1. The van der Waals surface area contributed by atoms with E-state index in [9.17, 15) is 69.6 Å².